The van der Waals surface area contributed by atoms with Gasteiger partial charge in [-0.25, -0.2) is 13.6 Å². The van der Waals surface area contributed by atoms with Crippen molar-refractivity contribution < 1.29 is 17.6 Å². The van der Waals surface area contributed by atoms with E-state index in [9.17, 15) is 13.2 Å². The fourth-order valence-electron chi connectivity index (χ4n) is 1.73. The van der Waals surface area contributed by atoms with Gasteiger partial charge in [0.25, 0.3) is 5.91 Å². The molecule has 0 bridgehead atoms. The number of sulfonamides is 1. The van der Waals surface area contributed by atoms with Crippen LogP contribution in [0.15, 0.2) is 50.4 Å². The van der Waals surface area contributed by atoms with Crippen molar-refractivity contribution >= 4 is 31.9 Å². The quantitative estimate of drug-likeness (QED) is 0.858. The Morgan fingerprint density at radius 2 is 1.86 bits per heavy atom. The minimum atomic E-state index is -3.72. The number of hydrogen-bond acceptors (Lipinski definition) is 4. The average molecular weight is 373 g/mol. The summed E-state index contributed by atoms with van der Waals surface area (Å²) >= 11 is 3.12. The van der Waals surface area contributed by atoms with Crippen LogP contribution in [-0.2, 0) is 10.0 Å². The van der Waals surface area contributed by atoms with Crippen molar-refractivity contribution in [3.05, 3.63) is 52.4 Å². The molecule has 1 aromatic carbocycles. The number of nitrogens with two attached hydrogens (primary N) is 1. The number of benzene rings is 1. The summed E-state index contributed by atoms with van der Waals surface area (Å²) in [5.41, 5.74) is 0.751. The number of amides is 1. The molecule has 1 amide bonds. The Kier molecular flexibility index (Phi) is 4.50. The standard InChI is InChI=1S/C13H13BrN2O4S/c1-8(16-13(17)11-6-7-12(14)20-11)9-2-4-10(5-3-9)21(15,18)19/h2-8H,1H3,(H,16,17)(H2,15,18,19). The van der Waals surface area contributed by atoms with Gasteiger partial charge >= 0.3 is 0 Å². The number of nitrogens with one attached hydrogen (secondary N) is 1. The highest BCUT2D eigenvalue weighted by atomic mass is 79.9. The average Bonchev–Trinajstić information content (AvgIpc) is 2.84. The lowest BCUT2D eigenvalue weighted by Crippen LogP contribution is -2.26. The third-order valence-corrected chi connectivity index (χ3v) is 4.21. The second-order valence-electron chi connectivity index (χ2n) is 4.41. The summed E-state index contributed by atoms with van der Waals surface area (Å²) in [7, 11) is -3.72. The predicted octanol–water partition coefficient (Wildman–Crippen LogP) is 2.18. The smallest absolute Gasteiger partial charge is 0.287 e. The number of carbonyl (C=O) groups is 1. The second-order valence-corrected chi connectivity index (χ2v) is 6.76. The van der Waals surface area contributed by atoms with E-state index in [1.54, 1.807) is 31.2 Å². The molecule has 3 N–H and O–H groups in total. The second kappa shape index (κ2) is 6.00. The first-order chi connectivity index (χ1) is 9.77. The van der Waals surface area contributed by atoms with Gasteiger partial charge in [0, 0.05) is 0 Å². The van der Waals surface area contributed by atoms with E-state index in [2.05, 4.69) is 21.2 Å². The van der Waals surface area contributed by atoms with Crippen molar-refractivity contribution in [1.82, 2.24) is 5.32 Å². The van der Waals surface area contributed by atoms with Crippen LogP contribution in [-0.4, -0.2) is 14.3 Å². The SMILES string of the molecule is CC(NC(=O)c1ccc(Br)o1)c1ccc(S(N)(=O)=O)cc1. The van der Waals surface area contributed by atoms with Gasteiger partial charge in [-0.2, -0.15) is 0 Å². The molecule has 0 radical (unpaired) electrons. The van der Waals surface area contributed by atoms with E-state index in [0.29, 0.717) is 4.67 Å². The number of primary sulfonamides is 1. The molecule has 0 aliphatic rings. The Bertz CT molecular complexity index is 753. The topological polar surface area (TPSA) is 102 Å². The molecule has 0 aliphatic carbocycles. The molecular weight excluding hydrogens is 360 g/mol. The van der Waals surface area contributed by atoms with Crippen molar-refractivity contribution in [2.75, 3.05) is 0 Å². The summed E-state index contributed by atoms with van der Waals surface area (Å²) in [6.45, 7) is 1.78. The molecular formula is C13H13BrN2O4S. The third kappa shape index (κ3) is 3.93. The van der Waals surface area contributed by atoms with E-state index in [4.69, 9.17) is 9.56 Å². The Morgan fingerprint density at radius 3 is 2.33 bits per heavy atom. The van der Waals surface area contributed by atoms with Crippen molar-refractivity contribution in [3.8, 4) is 0 Å². The highest BCUT2D eigenvalue weighted by Crippen LogP contribution is 2.18. The van der Waals surface area contributed by atoms with E-state index in [1.165, 1.54) is 12.1 Å². The summed E-state index contributed by atoms with van der Waals surface area (Å²) < 4.78 is 28.0. The molecule has 0 saturated carbocycles. The zero-order valence-electron chi connectivity index (χ0n) is 11.0. The minimum absolute atomic E-state index is 0.0275. The predicted molar refractivity (Wildman–Crippen MR) is 80.1 cm³/mol. The number of halogens is 1. The summed E-state index contributed by atoms with van der Waals surface area (Å²) in [6.07, 6.45) is 0. The Labute approximate surface area is 130 Å². The fourth-order valence-corrected chi connectivity index (χ4v) is 2.56. The van der Waals surface area contributed by atoms with Crippen LogP contribution in [0.5, 0.6) is 0 Å². The summed E-state index contributed by atoms with van der Waals surface area (Å²) in [5.74, 6) is -0.168. The van der Waals surface area contributed by atoms with Gasteiger partial charge in [-0.05, 0) is 52.7 Å². The first-order valence-electron chi connectivity index (χ1n) is 5.96. The van der Waals surface area contributed by atoms with E-state index >= 15 is 0 Å². The lowest BCUT2D eigenvalue weighted by molar-refractivity contribution is 0.0910. The molecule has 6 nitrogen and oxygen atoms in total. The van der Waals surface area contributed by atoms with Crippen molar-refractivity contribution in [2.45, 2.75) is 17.9 Å². The fraction of sp³-hybridized carbons (Fsp3) is 0.154. The summed E-state index contributed by atoms with van der Waals surface area (Å²) in [6, 6.07) is 8.87. The van der Waals surface area contributed by atoms with Gasteiger partial charge in [-0.1, -0.05) is 12.1 Å². The molecule has 1 atom stereocenters. The molecule has 2 aromatic rings. The molecule has 2 rings (SSSR count). The van der Waals surface area contributed by atoms with Gasteiger partial charge in [-0.3, -0.25) is 4.79 Å². The molecule has 8 heteroatoms. The molecule has 0 aliphatic heterocycles. The minimum Gasteiger partial charge on any atom is -0.444 e. The van der Waals surface area contributed by atoms with Gasteiger partial charge in [0.15, 0.2) is 10.4 Å². The monoisotopic (exact) mass is 372 g/mol. The summed E-state index contributed by atoms with van der Waals surface area (Å²) in [5, 5.41) is 7.78. The zero-order valence-corrected chi connectivity index (χ0v) is 13.4. The molecule has 21 heavy (non-hydrogen) atoms. The molecule has 0 spiro atoms. The number of furan rings is 1. The van der Waals surface area contributed by atoms with E-state index < -0.39 is 10.0 Å². The van der Waals surface area contributed by atoms with Crippen molar-refractivity contribution in [2.24, 2.45) is 5.14 Å². The highest BCUT2D eigenvalue weighted by Gasteiger charge is 2.15. The maximum atomic E-state index is 11.9. The van der Waals surface area contributed by atoms with Crippen molar-refractivity contribution in [1.29, 1.82) is 0 Å². The Hall–Kier alpha value is -1.64. The maximum absolute atomic E-state index is 11.9. The van der Waals surface area contributed by atoms with Gasteiger partial charge in [0.1, 0.15) is 0 Å². The normalized spacial score (nSPS) is 12.9. The van der Waals surface area contributed by atoms with Gasteiger partial charge in [0.2, 0.25) is 10.0 Å². The van der Waals surface area contributed by atoms with Crippen LogP contribution in [0.25, 0.3) is 0 Å². The van der Waals surface area contributed by atoms with Gasteiger partial charge < -0.3 is 9.73 Å². The third-order valence-electron chi connectivity index (χ3n) is 2.85. The largest absolute Gasteiger partial charge is 0.444 e. The van der Waals surface area contributed by atoms with E-state index in [-0.39, 0.29) is 22.6 Å². The number of carbonyl (C=O) groups excluding carboxylic acids is 1. The molecule has 0 saturated heterocycles. The molecule has 1 unspecified atom stereocenters. The van der Waals surface area contributed by atoms with Crippen LogP contribution in [0, 0.1) is 0 Å². The lowest BCUT2D eigenvalue weighted by atomic mass is 10.1. The van der Waals surface area contributed by atoms with Crippen LogP contribution < -0.4 is 10.5 Å². The number of rotatable bonds is 4. The first kappa shape index (κ1) is 15.7. The summed E-state index contributed by atoms with van der Waals surface area (Å²) in [4.78, 5) is 12.0. The van der Waals surface area contributed by atoms with Crippen LogP contribution in [0.2, 0.25) is 0 Å². The van der Waals surface area contributed by atoms with Gasteiger partial charge in [-0.15, -0.1) is 0 Å². The zero-order chi connectivity index (χ0) is 15.6. The van der Waals surface area contributed by atoms with Crippen LogP contribution in [0.1, 0.15) is 29.1 Å². The molecule has 112 valence electrons. The Balaban J connectivity index is 2.10. The lowest BCUT2D eigenvalue weighted by Gasteiger charge is -2.13. The number of hydrogen-bond donors (Lipinski definition) is 2. The van der Waals surface area contributed by atoms with E-state index in [0.717, 1.165) is 5.56 Å². The van der Waals surface area contributed by atoms with Crippen LogP contribution in [0.3, 0.4) is 0 Å². The van der Waals surface area contributed by atoms with Crippen LogP contribution in [0.4, 0.5) is 0 Å². The Morgan fingerprint density at radius 1 is 1.24 bits per heavy atom. The molecule has 1 heterocycles. The van der Waals surface area contributed by atoms with Crippen molar-refractivity contribution in [3.63, 3.8) is 0 Å². The van der Waals surface area contributed by atoms with Crippen LogP contribution >= 0.6 is 15.9 Å². The molecule has 1 aromatic heterocycles. The maximum Gasteiger partial charge on any atom is 0.287 e. The van der Waals surface area contributed by atoms with E-state index in [1.807, 2.05) is 0 Å². The molecule has 0 fully saturated rings. The first-order valence-corrected chi connectivity index (χ1v) is 8.30. The highest BCUT2D eigenvalue weighted by molar-refractivity contribution is 9.10. The van der Waals surface area contributed by atoms with Gasteiger partial charge in [0.05, 0.1) is 10.9 Å².